The lowest BCUT2D eigenvalue weighted by Crippen LogP contribution is -2.59. The first-order valence-corrected chi connectivity index (χ1v) is 8.59. The largest absolute Gasteiger partial charge is 0.311 e. The molecule has 2 atom stereocenters. The van der Waals surface area contributed by atoms with E-state index in [0.29, 0.717) is 0 Å². The predicted octanol–water partition coefficient (Wildman–Crippen LogP) is 3.66. The van der Waals surface area contributed by atoms with Gasteiger partial charge in [-0.25, -0.2) is 0 Å². The molecule has 19 heavy (non-hydrogen) atoms. The molecule has 1 saturated carbocycles. The van der Waals surface area contributed by atoms with Gasteiger partial charge in [0.25, 0.3) is 0 Å². The van der Waals surface area contributed by atoms with Gasteiger partial charge in [0, 0.05) is 31.2 Å². The maximum absolute atomic E-state index is 3.79. The Kier molecular flexibility index (Phi) is 5.70. The van der Waals surface area contributed by atoms with Gasteiger partial charge in [0.15, 0.2) is 0 Å². The predicted molar refractivity (Wildman–Crippen MR) is 83.5 cm³/mol. The summed E-state index contributed by atoms with van der Waals surface area (Å²) in [6.07, 6.45) is 8.39. The van der Waals surface area contributed by atoms with Crippen LogP contribution in [0.5, 0.6) is 0 Å². The van der Waals surface area contributed by atoms with Crippen molar-refractivity contribution in [2.24, 2.45) is 11.8 Å². The Bertz CT molecular complexity index is 256. The van der Waals surface area contributed by atoms with Gasteiger partial charge in [-0.1, -0.05) is 27.7 Å². The minimum absolute atomic E-state index is 0.724. The SMILES string of the molecule is CCC1CNC(CC(C)C)CN1C1CCC(C)CC1. The maximum atomic E-state index is 3.79. The molecule has 1 aliphatic heterocycles. The minimum atomic E-state index is 0.724. The van der Waals surface area contributed by atoms with E-state index in [0.717, 1.165) is 30.0 Å². The van der Waals surface area contributed by atoms with Crippen molar-refractivity contribution < 1.29 is 0 Å². The zero-order valence-electron chi connectivity index (χ0n) is 13.5. The number of hydrogen-bond donors (Lipinski definition) is 1. The molecule has 2 aliphatic rings. The molecule has 0 aromatic heterocycles. The number of nitrogens with zero attached hydrogens (tertiary/aromatic N) is 1. The van der Waals surface area contributed by atoms with E-state index >= 15 is 0 Å². The van der Waals surface area contributed by atoms with Crippen molar-refractivity contribution in [3.63, 3.8) is 0 Å². The lowest BCUT2D eigenvalue weighted by atomic mass is 9.85. The van der Waals surface area contributed by atoms with E-state index in [4.69, 9.17) is 0 Å². The van der Waals surface area contributed by atoms with Crippen LogP contribution in [0.2, 0.25) is 0 Å². The van der Waals surface area contributed by atoms with Crippen LogP contribution in [0, 0.1) is 11.8 Å². The Labute approximate surface area is 120 Å². The van der Waals surface area contributed by atoms with Crippen molar-refractivity contribution in [2.75, 3.05) is 13.1 Å². The second-order valence-electron chi connectivity index (χ2n) is 7.41. The van der Waals surface area contributed by atoms with Crippen molar-refractivity contribution in [3.8, 4) is 0 Å². The molecule has 2 fully saturated rings. The van der Waals surface area contributed by atoms with E-state index in [-0.39, 0.29) is 0 Å². The summed E-state index contributed by atoms with van der Waals surface area (Å²) in [7, 11) is 0. The highest BCUT2D eigenvalue weighted by atomic mass is 15.3. The maximum Gasteiger partial charge on any atom is 0.0221 e. The molecule has 1 saturated heterocycles. The van der Waals surface area contributed by atoms with Crippen LogP contribution in [0.4, 0.5) is 0 Å². The summed E-state index contributed by atoms with van der Waals surface area (Å²) in [5.41, 5.74) is 0. The van der Waals surface area contributed by atoms with Gasteiger partial charge in [0.05, 0.1) is 0 Å². The molecule has 1 aliphatic carbocycles. The molecule has 0 aromatic carbocycles. The second-order valence-corrected chi connectivity index (χ2v) is 7.41. The summed E-state index contributed by atoms with van der Waals surface area (Å²) in [5, 5.41) is 3.79. The number of rotatable bonds is 4. The van der Waals surface area contributed by atoms with Crippen molar-refractivity contribution in [2.45, 2.75) is 84.3 Å². The zero-order chi connectivity index (χ0) is 13.8. The molecular weight excluding hydrogens is 232 g/mol. The average molecular weight is 266 g/mol. The molecule has 2 unspecified atom stereocenters. The molecule has 0 radical (unpaired) electrons. The van der Waals surface area contributed by atoms with Crippen molar-refractivity contribution in [1.29, 1.82) is 0 Å². The summed E-state index contributed by atoms with van der Waals surface area (Å²) in [4.78, 5) is 2.87. The lowest BCUT2D eigenvalue weighted by molar-refractivity contribution is 0.0485. The quantitative estimate of drug-likeness (QED) is 0.835. The molecule has 2 nitrogen and oxygen atoms in total. The van der Waals surface area contributed by atoms with Crippen molar-refractivity contribution >= 4 is 0 Å². The van der Waals surface area contributed by atoms with Crippen LogP contribution in [-0.2, 0) is 0 Å². The molecular formula is C17H34N2. The fraction of sp³-hybridized carbons (Fsp3) is 1.00. The second kappa shape index (κ2) is 7.08. The van der Waals surface area contributed by atoms with Crippen LogP contribution in [0.25, 0.3) is 0 Å². The first-order chi connectivity index (χ1) is 9.10. The molecule has 0 spiro atoms. The Balaban J connectivity index is 1.93. The zero-order valence-corrected chi connectivity index (χ0v) is 13.5. The van der Waals surface area contributed by atoms with Crippen LogP contribution in [0.15, 0.2) is 0 Å². The van der Waals surface area contributed by atoms with Crippen LogP contribution >= 0.6 is 0 Å². The van der Waals surface area contributed by atoms with E-state index in [1.165, 1.54) is 51.6 Å². The van der Waals surface area contributed by atoms with E-state index < -0.39 is 0 Å². The van der Waals surface area contributed by atoms with Crippen LogP contribution in [-0.4, -0.2) is 36.1 Å². The van der Waals surface area contributed by atoms with Gasteiger partial charge < -0.3 is 5.32 Å². The van der Waals surface area contributed by atoms with Gasteiger partial charge in [0.2, 0.25) is 0 Å². The summed E-state index contributed by atoms with van der Waals surface area (Å²) in [6, 6.07) is 2.38. The fourth-order valence-corrected chi connectivity index (χ4v) is 4.02. The van der Waals surface area contributed by atoms with Crippen LogP contribution < -0.4 is 5.32 Å². The minimum Gasteiger partial charge on any atom is -0.311 e. The molecule has 0 bridgehead atoms. The Morgan fingerprint density at radius 2 is 1.84 bits per heavy atom. The third-order valence-electron chi connectivity index (χ3n) is 5.22. The normalized spacial score (nSPS) is 37.7. The third-order valence-corrected chi connectivity index (χ3v) is 5.22. The number of hydrogen-bond acceptors (Lipinski definition) is 2. The van der Waals surface area contributed by atoms with Crippen LogP contribution in [0.3, 0.4) is 0 Å². The van der Waals surface area contributed by atoms with Crippen molar-refractivity contribution in [1.82, 2.24) is 10.2 Å². The third kappa shape index (κ3) is 4.19. The Morgan fingerprint density at radius 1 is 1.16 bits per heavy atom. The molecule has 2 rings (SSSR count). The van der Waals surface area contributed by atoms with Gasteiger partial charge in [-0.3, -0.25) is 4.90 Å². The van der Waals surface area contributed by atoms with Gasteiger partial charge in [0.1, 0.15) is 0 Å². The Hall–Kier alpha value is -0.0800. The molecule has 0 amide bonds. The van der Waals surface area contributed by atoms with E-state index in [9.17, 15) is 0 Å². The molecule has 1 N–H and O–H groups in total. The molecule has 0 aromatic rings. The van der Waals surface area contributed by atoms with Gasteiger partial charge >= 0.3 is 0 Å². The highest BCUT2D eigenvalue weighted by molar-refractivity contribution is 4.91. The molecule has 1 heterocycles. The summed E-state index contributed by atoms with van der Waals surface area (Å²) in [6.45, 7) is 12.0. The monoisotopic (exact) mass is 266 g/mol. The number of nitrogens with one attached hydrogen (secondary N) is 1. The highest BCUT2D eigenvalue weighted by Gasteiger charge is 2.33. The summed E-state index contributed by atoms with van der Waals surface area (Å²) < 4.78 is 0. The van der Waals surface area contributed by atoms with E-state index in [1.54, 1.807) is 0 Å². The number of piperazine rings is 1. The van der Waals surface area contributed by atoms with Crippen molar-refractivity contribution in [3.05, 3.63) is 0 Å². The molecule has 2 heteroatoms. The van der Waals surface area contributed by atoms with Gasteiger partial charge in [-0.15, -0.1) is 0 Å². The first-order valence-electron chi connectivity index (χ1n) is 8.59. The van der Waals surface area contributed by atoms with E-state index in [2.05, 4.69) is 37.9 Å². The van der Waals surface area contributed by atoms with Crippen LogP contribution in [0.1, 0.15) is 66.2 Å². The standard InChI is InChI=1S/C17H34N2/c1-5-16-11-18-15(10-13(2)3)12-19(16)17-8-6-14(4)7-9-17/h13-18H,5-12H2,1-4H3. The highest BCUT2D eigenvalue weighted by Crippen LogP contribution is 2.30. The topological polar surface area (TPSA) is 15.3 Å². The average Bonchev–Trinajstić information content (AvgIpc) is 2.39. The molecule has 112 valence electrons. The fourth-order valence-electron chi connectivity index (χ4n) is 4.02. The van der Waals surface area contributed by atoms with Gasteiger partial charge in [-0.05, 0) is 50.4 Å². The first kappa shape index (κ1) is 15.3. The summed E-state index contributed by atoms with van der Waals surface area (Å²) in [5.74, 6) is 1.77. The lowest BCUT2D eigenvalue weighted by Gasteiger charge is -2.46. The van der Waals surface area contributed by atoms with E-state index in [1.807, 2.05) is 0 Å². The van der Waals surface area contributed by atoms with Gasteiger partial charge in [-0.2, -0.15) is 0 Å². The smallest absolute Gasteiger partial charge is 0.0221 e. The Morgan fingerprint density at radius 3 is 2.42 bits per heavy atom. The summed E-state index contributed by atoms with van der Waals surface area (Å²) >= 11 is 0.